The van der Waals surface area contributed by atoms with Crippen molar-refractivity contribution in [2.45, 2.75) is 0 Å². The lowest BCUT2D eigenvalue weighted by atomic mass is 9.92. The van der Waals surface area contributed by atoms with Gasteiger partial charge in [-0.2, -0.15) is 0 Å². The van der Waals surface area contributed by atoms with E-state index in [2.05, 4.69) is 205 Å². The highest BCUT2D eigenvalue weighted by atomic mass is 15.1. The van der Waals surface area contributed by atoms with E-state index in [4.69, 9.17) is 9.97 Å². The Hall–Kier alpha value is -7.36. The van der Waals surface area contributed by atoms with Crippen LogP contribution in [0.3, 0.4) is 0 Å². The minimum absolute atomic E-state index is 0.804. The molecular weight excluding hydrogens is 667 g/mol. The first kappa shape index (κ1) is 31.2. The van der Waals surface area contributed by atoms with Crippen molar-refractivity contribution in [2.75, 3.05) is 0 Å². The molecule has 0 fully saturated rings. The van der Waals surface area contributed by atoms with Gasteiger partial charge in [0.2, 0.25) is 0 Å². The van der Waals surface area contributed by atoms with Crippen molar-refractivity contribution in [3.05, 3.63) is 200 Å². The van der Waals surface area contributed by atoms with E-state index in [1.807, 2.05) is 0 Å². The number of para-hydroxylation sites is 1. The maximum absolute atomic E-state index is 5.64. The smallest absolute Gasteiger partial charge is 0.165 e. The summed E-state index contributed by atoms with van der Waals surface area (Å²) in [4.78, 5) is 11.2. The topological polar surface area (TPSA) is 30.7 Å². The standard InChI is InChI=1S/C52H33N3/c1-3-13-34(14-4-1)36-23-26-38(27-24-36)51-52(55-49-22-12-11-21-43(49)46-30-40-19-9-10-20-41(40)31-50(46)55)54-48-33-45(42-28-25-35-15-7-8-18-39(35)29-42)44(32-47(48)53-51)37-16-5-2-6-17-37/h1-33H. The second-order valence-corrected chi connectivity index (χ2v) is 14.2. The fraction of sp³-hybridized carbons (Fsp3) is 0. The van der Waals surface area contributed by atoms with Crippen LogP contribution in [0.2, 0.25) is 0 Å². The second kappa shape index (κ2) is 12.6. The molecule has 256 valence electrons. The summed E-state index contributed by atoms with van der Waals surface area (Å²) in [5.74, 6) is 0.804. The van der Waals surface area contributed by atoms with E-state index < -0.39 is 0 Å². The Kier molecular flexibility index (Phi) is 7.17. The molecule has 0 aliphatic rings. The highest BCUT2D eigenvalue weighted by Gasteiger charge is 2.21. The quantitative estimate of drug-likeness (QED) is 0.179. The first-order valence-corrected chi connectivity index (χ1v) is 18.7. The third-order valence-electron chi connectivity index (χ3n) is 10.9. The zero-order chi connectivity index (χ0) is 36.3. The maximum Gasteiger partial charge on any atom is 0.165 e. The van der Waals surface area contributed by atoms with Crippen molar-refractivity contribution >= 4 is 54.4 Å². The molecule has 0 saturated carbocycles. The van der Waals surface area contributed by atoms with Crippen molar-refractivity contribution in [3.63, 3.8) is 0 Å². The van der Waals surface area contributed by atoms with Crippen LogP contribution in [-0.4, -0.2) is 14.5 Å². The Morgan fingerprint density at radius 1 is 0.309 bits per heavy atom. The molecule has 0 saturated heterocycles. The van der Waals surface area contributed by atoms with Crippen LogP contribution >= 0.6 is 0 Å². The molecule has 0 atom stereocenters. The van der Waals surface area contributed by atoms with Gasteiger partial charge in [0.15, 0.2) is 5.82 Å². The van der Waals surface area contributed by atoms with Gasteiger partial charge in [-0.05, 0) is 91.3 Å². The lowest BCUT2D eigenvalue weighted by molar-refractivity contribution is 1.08. The summed E-state index contributed by atoms with van der Waals surface area (Å²) in [5, 5.41) is 7.21. The van der Waals surface area contributed by atoms with E-state index in [1.54, 1.807) is 0 Å². The fourth-order valence-corrected chi connectivity index (χ4v) is 8.23. The molecule has 2 heterocycles. The molecule has 0 bridgehead atoms. The summed E-state index contributed by atoms with van der Waals surface area (Å²) in [6.45, 7) is 0. The number of rotatable bonds is 5. The van der Waals surface area contributed by atoms with Gasteiger partial charge in [-0.15, -0.1) is 0 Å². The molecule has 11 aromatic rings. The molecule has 0 aliphatic heterocycles. The monoisotopic (exact) mass is 699 g/mol. The normalized spacial score (nSPS) is 11.6. The summed E-state index contributed by atoms with van der Waals surface area (Å²) < 4.78 is 2.32. The van der Waals surface area contributed by atoms with E-state index in [0.29, 0.717) is 0 Å². The van der Waals surface area contributed by atoms with Gasteiger partial charge < -0.3 is 0 Å². The predicted molar refractivity (Wildman–Crippen MR) is 231 cm³/mol. The second-order valence-electron chi connectivity index (χ2n) is 14.2. The number of hydrogen-bond donors (Lipinski definition) is 0. The summed E-state index contributed by atoms with van der Waals surface area (Å²) in [6, 6.07) is 71.5. The van der Waals surface area contributed by atoms with Gasteiger partial charge in [-0.3, -0.25) is 4.57 Å². The highest BCUT2D eigenvalue weighted by molar-refractivity contribution is 6.14. The van der Waals surface area contributed by atoms with Gasteiger partial charge in [-0.1, -0.05) is 164 Å². The first-order valence-electron chi connectivity index (χ1n) is 18.7. The van der Waals surface area contributed by atoms with Crippen LogP contribution < -0.4 is 0 Å². The molecule has 3 heteroatoms. The molecule has 0 amide bonds. The Bertz CT molecular complexity index is 3230. The molecule has 0 N–H and O–H groups in total. The molecule has 3 nitrogen and oxygen atoms in total. The molecule has 0 aliphatic carbocycles. The summed E-state index contributed by atoms with van der Waals surface area (Å²) in [6.07, 6.45) is 0. The van der Waals surface area contributed by atoms with Gasteiger partial charge in [0, 0.05) is 16.3 Å². The van der Waals surface area contributed by atoms with Gasteiger partial charge in [0.05, 0.1) is 22.1 Å². The average molecular weight is 700 g/mol. The SMILES string of the molecule is c1ccc(-c2ccc(-c3nc4cc(-c5ccccc5)c(-c5ccc6ccccc6c5)cc4nc3-n3c4ccccc4c4cc5ccccc5cc43)cc2)cc1. The summed E-state index contributed by atoms with van der Waals surface area (Å²) in [5.41, 5.74) is 12.6. The molecule has 11 rings (SSSR count). The van der Waals surface area contributed by atoms with Crippen LogP contribution in [0.1, 0.15) is 0 Å². The highest BCUT2D eigenvalue weighted by Crippen LogP contribution is 2.41. The molecule has 0 spiro atoms. The number of hydrogen-bond acceptors (Lipinski definition) is 2. The third kappa shape index (κ3) is 5.28. The largest absolute Gasteiger partial charge is 0.292 e. The Morgan fingerprint density at radius 3 is 1.58 bits per heavy atom. The summed E-state index contributed by atoms with van der Waals surface area (Å²) >= 11 is 0. The number of benzene rings is 9. The Morgan fingerprint density at radius 2 is 0.836 bits per heavy atom. The third-order valence-corrected chi connectivity index (χ3v) is 10.9. The zero-order valence-corrected chi connectivity index (χ0v) is 29.9. The van der Waals surface area contributed by atoms with E-state index in [1.165, 1.54) is 37.9 Å². The van der Waals surface area contributed by atoms with Crippen LogP contribution in [-0.2, 0) is 0 Å². The molecule has 0 unspecified atom stereocenters. The van der Waals surface area contributed by atoms with Gasteiger partial charge in [-0.25, -0.2) is 9.97 Å². The van der Waals surface area contributed by atoms with Crippen molar-refractivity contribution < 1.29 is 0 Å². The van der Waals surface area contributed by atoms with Crippen LogP contribution in [0.25, 0.3) is 105 Å². The lowest BCUT2D eigenvalue weighted by Crippen LogP contribution is -2.04. The van der Waals surface area contributed by atoms with Crippen LogP contribution in [0.5, 0.6) is 0 Å². The number of aromatic nitrogens is 3. The Labute approximate surface area is 318 Å². The predicted octanol–water partition coefficient (Wildman–Crippen LogP) is 13.7. The van der Waals surface area contributed by atoms with Crippen LogP contribution in [0.4, 0.5) is 0 Å². The minimum atomic E-state index is 0.804. The van der Waals surface area contributed by atoms with Gasteiger partial charge in [0.25, 0.3) is 0 Å². The molecule has 0 radical (unpaired) electrons. The van der Waals surface area contributed by atoms with Crippen LogP contribution in [0, 0.1) is 0 Å². The van der Waals surface area contributed by atoms with Gasteiger partial charge in [0.1, 0.15) is 5.69 Å². The van der Waals surface area contributed by atoms with E-state index in [9.17, 15) is 0 Å². The molecule has 55 heavy (non-hydrogen) atoms. The molecule has 9 aromatic carbocycles. The van der Waals surface area contributed by atoms with E-state index in [-0.39, 0.29) is 0 Å². The van der Waals surface area contributed by atoms with Crippen molar-refractivity contribution in [2.24, 2.45) is 0 Å². The fourth-order valence-electron chi connectivity index (χ4n) is 8.23. The molecule has 2 aromatic heterocycles. The Balaban J connectivity index is 1.22. The van der Waals surface area contributed by atoms with E-state index in [0.717, 1.165) is 67.0 Å². The van der Waals surface area contributed by atoms with Crippen LogP contribution in [0.15, 0.2) is 200 Å². The summed E-state index contributed by atoms with van der Waals surface area (Å²) in [7, 11) is 0. The lowest BCUT2D eigenvalue weighted by Gasteiger charge is -2.17. The van der Waals surface area contributed by atoms with Gasteiger partial charge >= 0.3 is 0 Å². The minimum Gasteiger partial charge on any atom is -0.292 e. The first-order chi connectivity index (χ1) is 27.2. The zero-order valence-electron chi connectivity index (χ0n) is 29.9. The van der Waals surface area contributed by atoms with Crippen molar-refractivity contribution in [3.8, 4) is 50.5 Å². The number of nitrogens with zero attached hydrogens (tertiary/aromatic N) is 3. The number of fused-ring (bicyclic) bond motifs is 6. The molecular formula is C52H33N3. The van der Waals surface area contributed by atoms with E-state index >= 15 is 0 Å². The van der Waals surface area contributed by atoms with Crippen molar-refractivity contribution in [1.82, 2.24) is 14.5 Å². The van der Waals surface area contributed by atoms with Crippen molar-refractivity contribution in [1.29, 1.82) is 0 Å². The maximum atomic E-state index is 5.64. The average Bonchev–Trinajstić information content (AvgIpc) is 3.58.